The van der Waals surface area contributed by atoms with Gasteiger partial charge in [0.1, 0.15) is 24.4 Å². The van der Waals surface area contributed by atoms with Crippen molar-refractivity contribution in [2.24, 2.45) is 5.92 Å². The van der Waals surface area contributed by atoms with Crippen molar-refractivity contribution in [2.75, 3.05) is 6.61 Å². The van der Waals surface area contributed by atoms with Gasteiger partial charge in [-0.1, -0.05) is 25.2 Å². The number of aliphatic hydroxyl groups excluding tert-OH is 4. The molecule has 1 fully saturated rings. The van der Waals surface area contributed by atoms with Crippen molar-refractivity contribution >= 4 is 11.9 Å². The normalized spacial score (nSPS) is 30.9. The molecule has 1 aliphatic rings. The van der Waals surface area contributed by atoms with Gasteiger partial charge in [-0.25, -0.2) is 4.79 Å². The van der Waals surface area contributed by atoms with E-state index in [9.17, 15) is 30.0 Å². The van der Waals surface area contributed by atoms with Crippen molar-refractivity contribution in [3.8, 4) is 0 Å². The minimum absolute atomic E-state index is 0.142. The Morgan fingerprint density at radius 3 is 2.32 bits per heavy atom. The number of carboxylic acids is 2. The van der Waals surface area contributed by atoms with Gasteiger partial charge in [0.05, 0.1) is 19.1 Å². The minimum Gasteiger partial charge on any atom is -0.481 e. The van der Waals surface area contributed by atoms with E-state index in [1.54, 1.807) is 13.0 Å². The molecule has 0 amide bonds. The molecule has 0 aromatic heterocycles. The number of allylic oxidation sites excluding steroid dienone is 3. The Morgan fingerprint density at radius 2 is 1.79 bits per heavy atom. The molecule has 160 valence electrons. The van der Waals surface area contributed by atoms with Crippen LogP contribution in [0.5, 0.6) is 0 Å². The van der Waals surface area contributed by atoms with Crippen LogP contribution in [0.25, 0.3) is 0 Å². The van der Waals surface area contributed by atoms with E-state index in [0.717, 1.165) is 0 Å². The summed E-state index contributed by atoms with van der Waals surface area (Å²) in [6.07, 6.45) is -3.76. The van der Waals surface area contributed by atoms with E-state index in [2.05, 4.69) is 0 Å². The maximum Gasteiger partial charge on any atom is 0.331 e. The summed E-state index contributed by atoms with van der Waals surface area (Å²) in [5.41, 5.74) is 0.142. The summed E-state index contributed by atoms with van der Waals surface area (Å²) < 4.78 is 10.8. The molecule has 0 aromatic rings. The highest BCUT2D eigenvalue weighted by Crippen LogP contribution is 2.26. The fourth-order valence-corrected chi connectivity index (χ4v) is 2.64. The topological polar surface area (TPSA) is 174 Å². The Kier molecular flexibility index (Phi) is 9.73. The summed E-state index contributed by atoms with van der Waals surface area (Å²) in [4.78, 5) is 21.9. The maximum absolute atomic E-state index is 11.2. The fourth-order valence-electron chi connectivity index (χ4n) is 2.64. The standard InChI is InChI=1S/C18H28O10/c1-9(5-3-4-6-10(2)17(25)26)11(7-13(20)21)27-18-16(24)15(23)14(22)12(8-19)28-18/h3-4,6,9,11-12,14-16,18-19,22-24H,5,7-8H2,1-2H3,(H,20,21)(H,25,26). The molecule has 1 rings (SSSR count). The Labute approximate surface area is 162 Å². The minimum atomic E-state index is -1.63. The second-order valence-electron chi connectivity index (χ2n) is 6.77. The smallest absolute Gasteiger partial charge is 0.331 e. The monoisotopic (exact) mass is 404 g/mol. The molecule has 0 aliphatic carbocycles. The van der Waals surface area contributed by atoms with Gasteiger partial charge < -0.3 is 40.1 Å². The zero-order chi connectivity index (χ0) is 21.4. The number of hydrogen-bond donors (Lipinski definition) is 6. The highest BCUT2D eigenvalue weighted by molar-refractivity contribution is 5.86. The van der Waals surface area contributed by atoms with Crippen molar-refractivity contribution in [1.29, 1.82) is 0 Å². The van der Waals surface area contributed by atoms with E-state index in [-0.39, 0.29) is 11.5 Å². The van der Waals surface area contributed by atoms with Gasteiger partial charge in [-0.05, 0) is 19.3 Å². The second kappa shape index (κ2) is 11.2. The lowest BCUT2D eigenvalue weighted by molar-refractivity contribution is -0.314. The molecule has 0 aromatic carbocycles. The number of aliphatic carboxylic acids is 2. The van der Waals surface area contributed by atoms with E-state index in [1.807, 2.05) is 0 Å². The van der Waals surface area contributed by atoms with Crippen molar-refractivity contribution in [3.63, 3.8) is 0 Å². The van der Waals surface area contributed by atoms with Crippen LogP contribution >= 0.6 is 0 Å². The lowest BCUT2D eigenvalue weighted by Gasteiger charge is -2.41. The number of rotatable bonds is 10. The number of carbonyl (C=O) groups is 2. The van der Waals surface area contributed by atoms with E-state index in [1.165, 1.54) is 19.1 Å². The summed E-state index contributed by atoms with van der Waals surface area (Å²) in [6.45, 7) is 2.52. The van der Waals surface area contributed by atoms with Gasteiger partial charge in [-0.15, -0.1) is 0 Å². The molecule has 10 heteroatoms. The molecule has 1 heterocycles. The predicted octanol–water partition coefficient (Wildman–Crippen LogP) is -0.740. The molecule has 1 saturated heterocycles. The Balaban J connectivity index is 2.81. The zero-order valence-corrected chi connectivity index (χ0v) is 15.7. The van der Waals surface area contributed by atoms with Crippen LogP contribution in [0.4, 0.5) is 0 Å². The van der Waals surface area contributed by atoms with Crippen molar-refractivity contribution in [1.82, 2.24) is 0 Å². The van der Waals surface area contributed by atoms with Gasteiger partial charge in [-0.3, -0.25) is 4.79 Å². The number of carboxylic acid groups (broad SMARTS) is 2. The average molecular weight is 404 g/mol. The molecule has 7 atom stereocenters. The molecular weight excluding hydrogens is 376 g/mol. The predicted molar refractivity (Wildman–Crippen MR) is 95.2 cm³/mol. The summed E-state index contributed by atoms with van der Waals surface area (Å²) in [6, 6.07) is 0. The Morgan fingerprint density at radius 1 is 1.14 bits per heavy atom. The largest absolute Gasteiger partial charge is 0.481 e. The quantitative estimate of drug-likeness (QED) is 0.201. The number of ether oxygens (including phenoxy) is 2. The zero-order valence-electron chi connectivity index (χ0n) is 15.7. The first-order valence-corrected chi connectivity index (χ1v) is 8.83. The highest BCUT2D eigenvalue weighted by Gasteiger charge is 2.45. The molecule has 0 radical (unpaired) electrons. The van der Waals surface area contributed by atoms with E-state index in [0.29, 0.717) is 6.42 Å². The van der Waals surface area contributed by atoms with Gasteiger partial charge in [0.25, 0.3) is 0 Å². The van der Waals surface area contributed by atoms with Crippen LogP contribution in [0.1, 0.15) is 26.7 Å². The third kappa shape index (κ3) is 6.97. The number of hydrogen-bond acceptors (Lipinski definition) is 8. The maximum atomic E-state index is 11.2. The van der Waals surface area contributed by atoms with Crippen LogP contribution < -0.4 is 0 Å². The summed E-state index contributed by atoms with van der Waals surface area (Å²) in [7, 11) is 0. The first-order valence-electron chi connectivity index (χ1n) is 8.83. The molecular formula is C18H28O10. The average Bonchev–Trinajstić information content (AvgIpc) is 2.63. The second-order valence-corrected chi connectivity index (χ2v) is 6.77. The highest BCUT2D eigenvalue weighted by atomic mass is 16.7. The van der Waals surface area contributed by atoms with E-state index in [4.69, 9.17) is 19.7 Å². The van der Waals surface area contributed by atoms with Crippen LogP contribution in [-0.4, -0.2) is 86.0 Å². The first-order chi connectivity index (χ1) is 13.1. The third-order valence-corrected chi connectivity index (χ3v) is 4.50. The van der Waals surface area contributed by atoms with Crippen molar-refractivity contribution in [2.45, 2.75) is 63.5 Å². The molecule has 0 bridgehead atoms. The molecule has 7 unspecified atom stereocenters. The van der Waals surface area contributed by atoms with Crippen molar-refractivity contribution in [3.05, 3.63) is 23.8 Å². The number of aliphatic hydroxyl groups is 4. The van der Waals surface area contributed by atoms with Gasteiger partial charge in [0.15, 0.2) is 6.29 Å². The SMILES string of the molecule is CC(=CC=CCC(C)C(CC(=O)O)OC1OC(CO)C(O)C(O)C1O)C(=O)O. The van der Waals surface area contributed by atoms with Crippen LogP contribution in [-0.2, 0) is 19.1 Å². The van der Waals surface area contributed by atoms with Crippen LogP contribution in [0.15, 0.2) is 23.8 Å². The molecule has 0 saturated carbocycles. The molecule has 28 heavy (non-hydrogen) atoms. The van der Waals surface area contributed by atoms with Gasteiger partial charge in [-0.2, -0.15) is 0 Å². The Bertz CT molecular complexity index is 585. The van der Waals surface area contributed by atoms with Gasteiger partial charge >= 0.3 is 11.9 Å². The first kappa shape index (κ1) is 24.2. The molecule has 6 N–H and O–H groups in total. The van der Waals surface area contributed by atoms with Crippen LogP contribution in [0, 0.1) is 5.92 Å². The fraction of sp³-hybridized carbons (Fsp3) is 0.667. The molecule has 1 aliphatic heterocycles. The van der Waals surface area contributed by atoms with E-state index < -0.39 is 61.8 Å². The lowest BCUT2D eigenvalue weighted by atomic mass is 9.96. The van der Waals surface area contributed by atoms with E-state index >= 15 is 0 Å². The lowest BCUT2D eigenvalue weighted by Crippen LogP contribution is -2.60. The Hall–Kier alpha value is -1.82. The summed E-state index contributed by atoms with van der Waals surface area (Å²) >= 11 is 0. The van der Waals surface area contributed by atoms with Crippen LogP contribution in [0.2, 0.25) is 0 Å². The summed E-state index contributed by atoms with van der Waals surface area (Å²) in [5.74, 6) is -2.56. The van der Waals surface area contributed by atoms with Crippen molar-refractivity contribution < 1.29 is 49.7 Å². The van der Waals surface area contributed by atoms with Gasteiger partial charge in [0.2, 0.25) is 0 Å². The third-order valence-electron chi connectivity index (χ3n) is 4.50. The molecule has 0 spiro atoms. The van der Waals surface area contributed by atoms with Crippen LogP contribution in [0.3, 0.4) is 0 Å². The molecule has 10 nitrogen and oxygen atoms in total. The van der Waals surface area contributed by atoms with Gasteiger partial charge in [0, 0.05) is 5.57 Å². The summed E-state index contributed by atoms with van der Waals surface area (Å²) in [5, 5.41) is 56.8.